The third-order valence-electron chi connectivity index (χ3n) is 6.00. The quantitative estimate of drug-likeness (QED) is 0.637. The third kappa shape index (κ3) is 3.69. The summed E-state index contributed by atoms with van der Waals surface area (Å²) < 4.78 is 2.06. The molecule has 1 aliphatic rings. The Bertz CT molecular complexity index is 939. The van der Waals surface area contributed by atoms with Gasteiger partial charge in [0.25, 0.3) is 0 Å². The van der Waals surface area contributed by atoms with E-state index >= 15 is 0 Å². The molecule has 1 aromatic heterocycles. The van der Waals surface area contributed by atoms with Gasteiger partial charge in [0.05, 0.1) is 5.52 Å². The minimum absolute atomic E-state index is 0.108. The first kappa shape index (κ1) is 18.8. The number of Topliss-reactive ketones (excluding diaryl/α,β-unsaturated/α-hetero) is 1. The van der Waals surface area contributed by atoms with E-state index in [1.165, 1.54) is 23.8 Å². The Kier molecular flexibility index (Phi) is 5.49. The van der Waals surface area contributed by atoms with Gasteiger partial charge >= 0.3 is 0 Å². The van der Waals surface area contributed by atoms with Gasteiger partial charge in [0, 0.05) is 17.1 Å². The van der Waals surface area contributed by atoms with Crippen molar-refractivity contribution in [3.63, 3.8) is 0 Å². The molecule has 0 aliphatic carbocycles. The standard InChI is InChI=1S/C24H29N3O/c1-3-26-15-13-19(14-16-26)22-17-27(23-12-8-7-11-21(22)23)25-18(2)24(28)20-9-5-4-6-10-20/h4-12,17-19,25H,3,13-16H2,1-2H3. The monoisotopic (exact) mass is 375 g/mol. The zero-order valence-electron chi connectivity index (χ0n) is 16.8. The van der Waals surface area contributed by atoms with Crippen LogP contribution in [0.2, 0.25) is 0 Å². The molecule has 1 unspecified atom stereocenters. The number of carbonyl (C=O) groups excluding carboxylic acids is 1. The summed E-state index contributed by atoms with van der Waals surface area (Å²) in [6.07, 6.45) is 4.60. The molecular weight excluding hydrogens is 346 g/mol. The van der Waals surface area contributed by atoms with Crippen LogP contribution in [0, 0.1) is 0 Å². The maximum Gasteiger partial charge on any atom is 0.186 e. The number of piperidine rings is 1. The molecule has 0 spiro atoms. The van der Waals surface area contributed by atoms with E-state index in [1.807, 2.05) is 37.3 Å². The summed E-state index contributed by atoms with van der Waals surface area (Å²) in [4.78, 5) is 15.3. The third-order valence-corrected chi connectivity index (χ3v) is 6.00. The molecule has 28 heavy (non-hydrogen) atoms. The maximum absolute atomic E-state index is 12.8. The highest BCUT2D eigenvalue weighted by molar-refractivity contribution is 6.00. The number of benzene rings is 2. The summed E-state index contributed by atoms with van der Waals surface area (Å²) >= 11 is 0. The summed E-state index contributed by atoms with van der Waals surface area (Å²) in [6.45, 7) is 7.63. The number of ketones is 1. The number of hydrogen-bond donors (Lipinski definition) is 1. The Morgan fingerprint density at radius 3 is 2.46 bits per heavy atom. The summed E-state index contributed by atoms with van der Waals surface area (Å²) in [6, 6.07) is 17.7. The number of hydrogen-bond acceptors (Lipinski definition) is 3. The van der Waals surface area contributed by atoms with Crippen LogP contribution in [0.1, 0.15) is 48.5 Å². The first-order valence-corrected chi connectivity index (χ1v) is 10.4. The maximum atomic E-state index is 12.8. The molecule has 0 amide bonds. The van der Waals surface area contributed by atoms with Crippen LogP contribution in [0.3, 0.4) is 0 Å². The highest BCUT2D eigenvalue weighted by atomic mass is 16.1. The molecule has 146 valence electrons. The molecule has 2 aromatic carbocycles. The molecule has 4 nitrogen and oxygen atoms in total. The highest BCUT2D eigenvalue weighted by Crippen LogP contribution is 2.34. The number of likely N-dealkylation sites (tertiary alicyclic amines) is 1. The fourth-order valence-corrected chi connectivity index (χ4v) is 4.32. The van der Waals surface area contributed by atoms with E-state index in [4.69, 9.17) is 0 Å². The van der Waals surface area contributed by atoms with Gasteiger partial charge in [0.15, 0.2) is 5.78 Å². The molecule has 0 saturated carbocycles. The predicted octanol–water partition coefficient (Wildman–Crippen LogP) is 4.66. The number of fused-ring (bicyclic) bond motifs is 1. The van der Waals surface area contributed by atoms with Crippen LogP contribution in [0.4, 0.5) is 0 Å². The first-order chi connectivity index (χ1) is 13.7. The van der Waals surface area contributed by atoms with E-state index in [0.717, 1.165) is 30.7 Å². The van der Waals surface area contributed by atoms with Gasteiger partial charge in [-0.1, -0.05) is 55.5 Å². The number of rotatable bonds is 6. The van der Waals surface area contributed by atoms with Crippen molar-refractivity contribution in [3.8, 4) is 0 Å². The fourth-order valence-electron chi connectivity index (χ4n) is 4.32. The lowest BCUT2D eigenvalue weighted by Crippen LogP contribution is -2.33. The van der Waals surface area contributed by atoms with Crippen molar-refractivity contribution >= 4 is 16.7 Å². The zero-order valence-corrected chi connectivity index (χ0v) is 16.8. The van der Waals surface area contributed by atoms with E-state index in [9.17, 15) is 4.79 Å². The van der Waals surface area contributed by atoms with E-state index in [0.29, 0.717) is 5.92 Å². The smallest absolute Gasteiger partial charge is 0.186 e. The Balaban J connectivity index is 1.59. The minimum Gasteiger partial charge on any atom is -0.315 e. The Labute approximate surface area is 167 Å². The van der Waals surface area contributed by atoms with Crippen molar-refractivity contribution < 1.29 is 4.79 Å². The average Bonchev–Trinajstić information content (AvgIpc) is 3.12. The Morgan fingerprint density at radius 1 is 1.07 bits per heavy atom. The van der Waals surface area contributed by atoms with Crippen LogP contribution < -0.4 is 5.43 Å². The SMILES string of the molecule is CCN1CCC(c2cn(NC(C)C(=O)c3ccccc3)c3ccccc23)CC1. The molecule has 0 bridgehead atoms. The van der Waals surface area contributed by atoms with Crippen LogP contribution in [0.15, 0.2) is 60.8 Å². The van der Waals surface area contributed by atoms with Crippen LogP contribution in [0.5, 0.6) is 0 Å². The molecule has 3 aromatic rings. The van der Waals surface area contributed by atoms with Crippen molar-refractivity contribution in [1.82, 2.24) is 9.58 Å². The van der Waals surface area contributed by atoms with Crippen LogP contribution in [-0.4, -0.2) is 41.0 Å². The summed E-state index contributed by atoms with van der Waals surface area (Å²) in [5.41, 5.74) is 6.70. The van der Waals surface area contributed by atoms with Gasteiger partial charge in [-0.15, -0.1) is 0 Å². The molecule has 1 N–H and O–H groups in total. The van der Waals surface area contributed by atoms with Crippen LogP contribution in [0.25, 0.3) is 10.9 Å². The Morgan fingerprint density at radius 2 is 1.75 bits per heavy atom. The van der Waals surface area contributed by atoms with Crippen LogP contribution in [-0.2, 0) is 0 Å². The first-order valence-electron chi connectivity index (χ1n) is 10.4. The van der Waals surface area contributed by atoms with Gasteiger partial charge in [-0.05, 0) is 56.9 Å². The molecule has 1 fully saturated rings. The number of para-hydroxylation sites is 1. The molecule has 1 saturated heterocycles. The number of nitrogens with one attached hydrogen (secondary N) is 1. The number of aromatic nitrogens is 1. The minimum atomic E-state index is -0.298. The topological polar surface area (TPSA) is 37.3 Å². The highest BCUT2D eigenvalue weighted by Gasteiger charge is 2.24. The largest absolute Gasteiger partial charge is 0.315 e. The number of carbonyl (C=O) groups is 1. The molecule has 2 heterocycles. The van der Waals surface area contributed by atoms with Gasteiger partial charge in [0.1, 0.15) is 6.04 Å². The number of nitrogens with zero attached hydrogens (tertiary/aromatic N) is 2. The van der Waals surface area contributed by atoms with E-state index in [1.54, 1.807) is 0 Å². The van der Waals surface area contributed by atoms with Crippen molar-refractivity contribution in [2.75, 3.05) is 25.1 Å². The second kappa shape index (κ2) is 8.19. The molecule has 1 atom stereocenters. The van der Waals surface area contributed by atoms with E-state index < -0.39 is 0 Å². The molecular formula is C24H29N3O. The zero-order chi connectivity index (χ0) is 19.5. The summed E-state index contributed by atoms with van der Waals surface area (Å²) in [7, 11) is 0. The second-order valence-corrected chi connectivity index (χ2v) is 7.76. The van der Waals surface area contributed by atoms with Gasteiger partial charge in [-0.25, -0.2) is 0 Å². The van der Waals surface area contributed by atoms with Gasteiger partial charge in [-0.3, -0.25) is 9.47 Å². The lowest BCUT2D eigenvalue weighted by Gasteiger charge is -2.30. The van der Waals surface area contributed by atoms with Gasteiger partial charge in [-0.2, -0.15) is 0 Å². The van der Waals surface area contributed by atoms with Crippen molar-refractivity contribution in [3.05, 3.63) is 71.9 Å². The summed E-state index contributed by atoms with van der Waals surface area (Å²) in [5.74, 6) is 0.687. The van der Waals surface area contributed by atoms with E-state index in [-0.39, 0.29) is 11.8 Å². The molecule has 4 rings (SSSR count). The Hall–Kier alpha value is -2.59. The second-order valence-electron chi connectivity index (χ2n) is 7.76. The van der Waals surface area contributed by atoms with Crippen molar-refractivity contribution in [1.29, 1.82) is 0 Å². The normalized spacial score (nSPS) is 16.9. The average molecular weight is 376 g/mol. The fraction of sp³-hybridized carbons (Fsp3) is 0.375. The molecule has 1 aliphatic heterocycles. The summed E-state index contributed by atoms with van der Waals surface area (Å²) in [5, 5.41) is 1.30. The predicted molar refractivity (Wildman–Crippen MR) is 116 cm³/mol. The van der Waals surface area contributed by atoms with Crippen LogP contribution >= 0.6 is 0 Å². The lowest BCUT2D eigenvalue weighted by atomic mass is 9.89. The lowest BCUT2D eigenvalue weighted by molar-refractivity contribution is 0.0971. The van der Waals surface area contributed by atoms with E-state index in [2.05, 4.69) is 52.4 Å². The molecule has 0 radical (unpaired) electrons. The van der Waals surface area contributed by atoms with Crippen molar-refractivity contribution in [2.24, 2.45) is 0 Å². The molecule has 4 heteroatoms. The van der Waals surface area contributed by atoms with Gasteiger partial charge < -0.3 is 10.3 Å². The van der Waals surface area contributed by atoms with Crippen molar-refractivity contribution in [2.45, 2.75) is 38.6 Å². The van der Waals surface area contributed by atoms with Gasteiger partial charge in [0.2, 0.25) is 0 Å².